The summed E-state index contributed by atoms with van der Waals surface area (Å²) in [6, 6.07) is 4.84. The summed E-state index contributed by atoms with van der Waals surface area (Å²) in [7, 11) is -3.90. The maximum Gasteiger partial charge on any atom is 0.472 e. The van der Waals surface area contributed by atoms with Crippen LogP contribution < -0.4 is 21.9 Å². The third-order valence-electron chi connectivity index (χ3n) is 11.8. The fourth-order valence-corrected chi connectivity index (χ4v) is 12.3. The quantitative estimate of drug-likeness (QED) is 0.0743. The number of esters is 1. The van der Waals surface area contributed by atoms with Crippen molar-refractivity contribution in [3.63, 3.8) is 0 Å². The zero-order valence-electron chi connectivity index (χ0n) is 38.4. The molecule has 3 fully saturated rings. The predicted octanol–water partition coefficient (Wildman–Crippen LogP) is 2.73. The maximum absolute atomic E-state index is 16.5. The molecule has 71 heavy (non-hydrogen) atoms. The molecule has 2 unspecified atom stereocenters. The summed E-state index contributed by atoms with van der Waals surface area (Å²) in [5, 5.41) is 5.27. The third kappa shape index (κ3) is 11.9. The molecule has 30 heteroatoms. The van der Waals surface area contributed by atoms with E-state index in [1.807, 2.05) is 0 Å². The van der Waals surface area contributed by atoms with Crippen LogP contribution in [0.15, 0.2) is 54.4 Å². The van der Waals surface area contributed by atoms with Gasteiger partial charge in [0.25, 0.3) is 5.56 Å². The molecule has 4 aromatic heterocycles. The van der Waals surface area contributed by atoms with Crippen LogP contribution >= 0.6 is 26.0 Å². The fraction of sp³-hybridized carbons (Fsp3) is 0.512. The number of Topliss-reactive ketones (excluding diaryl/α,β-unsaturated/α-hetero) is 1. The lowest BCUT2D eigenvalue weighted by Crippen LogP contribution is -2.53. The number of imidazole rings is 2. The van der Waals surface area contributed by atoms with E-state index in [9.17, 15) is 33.4 Å². The van der Waals surface area contributed by atoms with Crippen LogP contribution in [0.25, 0.3) is 22.3 Å². The third-order valence-corrected chi connectivity index (χ3v) is 16.5. The van der Waals surface area contributed by atoms with Crippen molar-refractivity contribution in [3.05, 3.63) is 71.1 Å². The summed E-state index contributed by atoms with van der Waals surface area (Å²) >= 11 is 0.769. The number of hydrogen-bond donors (Lipinski definition) is 5. The molecular weight excluding hydrogens is 1000 g/mol. The van der Waals surface area contributed by atoms with Crippen LogP contribution in [0.4, 0.5) is 10.2 Å². The molecule has 0 saturated carbocycles. The minimum atomic E-state index is -5.11. The Kier molecular flexibility index (Phi) is 15.8. The van der Waals surface area contributed by atoms with Gasteiger partial charge in [0.05, 0.1) is 51.8 Å². The second-order valence-corrected chi connectivity index (χ2v) is 22.5. The minimum Gasteiger partial charge on any atom is -0.469 e. The molecule has 2 amide bonds. The van der Waals surface area contributed by atoms with Crippen LogP contribution in [0.1, 0.15) is 63.6 Å². The smallest absolute Gasteiger partial charge is 0.469 e. The van der Waals surface area contributed by atoms with E-state index in [2.05, 4.69) is 45.3 Å². The average Bonchev–Trinajstić information content (AvgIpc) is 4.13. The van der Waals surface area contributed by atoms with Gasteiger partial charge in [-0.05, 0) is 35.4 Å². The summed E-state index contributed by atoms with van der Waals surface area (Å²) in [5.41, 5.74) is 7.01. The minimum absolute atomic E-state index is 0.00470. The first-order valence-corrected chi connectivity index (χ1v) is 26.7. The zero-order chi connectivity index (χ0) is 50.8. The number of aromatic nitrogens is 8. The van der Waals surface area contributed by atoms with Crippen LogP contribution in [-0.4, -0.2) is 130 Å². The highest BCUT2D eigenvalue weighted by Gasteiger charge is 2.53. The van der Waals surface area contributed by atoms with Crippen molar-refractivity contribution in [1.29, 1.82) is 0 Å². The lowest BCUT2D eigenvalue weighted by Gasteiger charge is -2.28. The second-order valence-electron chi connectivity index (χ2n) is 17.1. The van der Waals surface area contributed by atoms with Crippen molar-refractivity contribution < 1.29 is 69.9 Å². The molecule has 0 radical (unpaired) electrons. The number of phosphoric ester groups is 1. The van der Waals surface area contributed by atoms with Gasteiger partial charge in [-0.1, -0.05) is 38.1 Å². The summed E-state index contributed by atoms with van der Waals surface area (Å²) in [4.78, 5) is 96.7. The number of amides is 2. The van der Waals surface area contributed by atoms with E-state index in [1.54, 1.807) is 38.1 Å². The van der Waals surface area contributed by atoms with Crippen LogP contribution in [-0.2, 0) is 72.8 Å². The highest BCUT2D eigenvalue weighted by Crippen LogP contribution is 2.64. The topological polar surface area (TPSA) is 345 Å². The summed E-state index contributed by atoms with van der Waals surface area (Å²) in [6.45, 7) is -0.775. The van der Waals surface area contributed by atoms with Gasteiger partial charge in [-0.3, -0.25) is 51.2 Å². The summed E-state index contributed by atoms with van der Waals surface area (Å²) in [6.07, 6.45) is -6.05. The van der Waals surface area contributed by atoms with Crippen molar-refractivity contribution in [3.8, 4) is 0 Å². The molecule has 3 saturated heterocycles. The van der Waals surface area contributed by atoms with Gasteiger partial charge in [-0.25, -0.2) is 38.4 Å². The van der Waals surface area contributed by atoms with Crippen molar-refractivity contribution in [2.75, 3.05) is 26.1 Å². The molecule has 7 heterocycles. The van der Waals surface area contributed by atoms with Crippen molar-refractivity contribution >= 4 is 77.7 Å². The van der Waals surface area contributed by atoms with Crippen molar-refractivity contribution in [2.45, 2.75) is 107 Å². The molecule has 3 aliphatic heterocycles. The molecule has 382 valence electrons. The van der Waals surface area contributed by atoms with E-state index in [1.165, 1.54) is 42.1 Å². The van der Waals surface area contributed by atoms with Crippen molar-refractivity contribution in [1.82, 2.24) is 49.7 Å². The summed E-state index contributed by atoms with van der Waals surface area (Å²) < 4.78 is 87.7. The number of phosphoric acid groups is 1. The van der Waals surface area contributed by atoms with Gasteiger partial charge in [0, 0.05) is 25.0 Å². The van der Waals surface area contributed by atoms with Crippen LogP contribution in [0.3, 0.4) is 0 Å². The summed E-state index contributed by atoms with van der Waals surface area (Å²) in [5.74, 6) is -2.31. The van der Waals surface area contributed by atoms with E-state index >= 15 is 8.96 Å². The van der Waals surface area contributed by atoms with E-state index in [-0.39, 0.29) is 71.3 Å². The lowest BCUT2D eigenvalue weighted by molar-refractivity contribution is -0.142. The molecule has 3 aliphatic rings. The number of benzene rings is 1. The number of hydrogen-bond acceptors (Lipinski definition) is 21. The highest BCUT2D eigenvalue weighted by molar-refractivity contribution is 8.54. The number of halogens is 1. The number of ketones is 1. The molecule has 0 spiro atoms. The van der Waals surface area contributed by atoms with E-state index < -0.39 is 106 Å². The SMILES string of the molecule is COC(=O)CCC(=O)N[C@H](C(=O)N[C@@H](C)C(=O)Cc1ccc(CSP2(=O)OC[C@H]3O[C@@H](n4cnc5c(N)ncnc54)[C@H](F)[C@@H]3OP(=O)(O)OC[C@H]3O[C@@H](n4cnc5c(=O)[nH]cnc54)C[C@@H]3O2)cc1)C(C)C. The second kappa shape index (κ2) is 21.7. The number of alkyl halides is 1. The van der Waals surface area contributed by atoms with Gasteiger partial charge in [-0.15, -0.1) is 0 Å². The highest BCUT2D eigenvalue weighted by atomic mass is 32.7. The van der Waals surface area contributed by atoms with Gasteiger partial charge in [0.2, 0.25) is 11.8 Å². The Hall–Kier alpha value is -5.54. The van der Waals surface area contributed by atoms with Gasteiger partial charge >= 0.3 is 20.6 Å². The Morgan fingerprint density at radius 1 is 0.915 bits per heavy atom. The first-order chi connectivity index (χ1) is 33.8. The standard InChI is InChI=1S/C41H50FN11O15P2S/c1-20(2)32(51-28(55)9-10-30(56)62-4)40(58)50-21(3)24(54)11-22-5-7-23(8-6-22)15-71-70(61)64-14-27-35(31(42)41(66-27)53-19-48-33-36(43)44-16-45-37(33)53)68-69(59,60)63-13-26-25(67-70)12-29(65-26)52-18-49-34-38(52)46-17-47-39(34)57/h5-8,16-21,25-27,29,31-32,35,41H,9-15H2,1-4H3,(H,50,58)(H,51,55)(H,59,60)(H2,43,44,45)(H,46,47,57)/t21-,25-,26+,27+,29+,31+,32-,35+,41+,70?/m0/s1. The predicted molar refractivity (Wildman–Crippen MR) is 246 cm³/mol. The lowest BCUT2D eigenvalue weighted by atomic mass is 10.0. The number of rotatable bonds is 15. The average molecular weight is 1050 g/mol. The Morgan fingerprint density at radius 3 is 2.37 bits per heavy atom. The van der Waals surface area contributed by atoms with Gasteiger partial charge < -0.3 is 40.5 Å². The molecule has 26 nitrogen and oxygen atoms in total. The van der Waals surface area contributed by atoms with Crippen LogP contribution in [0.2, 0.25) is 0 Å². The molecular formula is C41H50FN11O15P2S. The maximum atomic E-state index is 16.5. The number of aromatic amines is 1. The normalized spacial score (nSPS) is 27.8. The number of carbonyl (C=O) groups excluding carboxylic acids is 4. The Balaban J connectivity index is 0.977. The van der Waals surface area contributed by atoms with Gasteiger partial charge in [-0.2, -0.15) is 0 Å². The number of nitrogens with one attached hydrogen (secondary N) is 3. The molecule has 6 N–H and O–H groups in total. The van der Waals surface area contributed by atoms with E-state index in [0.29, 0.717) is 11.1 Å². The largest absolute Gasteiger partial charge is 0.472 e. The van der Waals surface area contributed by atoms with Gasteiger partial charge in [0.1, 0.15) is 48.5 Å². The number of ether oxygens (including phenoxy) is 3. The molecule has 0 bridgehead atoms. The first kappa shape index (κ1) is 51.8. The Labute approximate surface area is 406 Å². The number of H-pyrrole nitrogens is 1. The molecule has 1 aromatic carbocycles. The Bertz CT molecular complexity index is 2940. The first-order valence-electron chi connectivity index (χ1n) is 22.1. The van der Waals surface area contributed by atoms with Crippen LogP contribution in [0, 0.1) is 5.92 Å². The number of nitrogen functional groups attached to an aromatic ring is 1. The molecule has 8 rings (SSSR count). The number of carbonyl (C=O) groups is 4. The van der Waals surface area contributed by atoms with Crippen LogP contribution in [0.5, 0.6) is 0 Å². The van der Waals surface area contributed by atoms with Gasteiger partial charge in [0.15, 0.2) is 40.8 Å². The van der Waals surface area contributed by atoms with Crippen molar-refractivity contribution in [2.24, 2.45) is 5.92 Å². The number of methoxy groups -OCH3 is 1. The number of nitrogens with zero attached hydrogens (tertiary/aromatic N) is 7. The molecule has 5 aromatic rings. The monoisotopic (exact) mass is 1050 g/mol. The fourth-order valence-electron chi connectivity index (χ4n) is 7.96. The molecule has 11 atom stereocenters. The number of nitrogens with two attached hydrogens (primary N) is 1. The van der Waals surface area contributed by atoms with E-state index in [4.69, 9.17) is 33.3 Å². The Morgan fingerprint density at radius 2 is 1.62 bits per heavy atom. The zero-order valence-corrected chi connectivity index (χ0v) is 41.0. The number of fused-ring (bicyclic) bond motifs is 4. The van der Waals surface area contributed by atoms with E-state index in [0.717, 1.165) is 17.7 Å². The molecule has 0 aliphatic carbocycles. The number of anilines is 1.